The molecule has 0 spiro atoms. The Morgan fingerprint density at radius 1 is 1.67 bits per heavy atom. The van der Waals surface area contributed by atoms with Gasteiger partial charge in [-0.1, -0.05) is 0 Å². The zero-order valence-corrected chi connectivity index (χ0v) is 6.88. The van der Waals surface area contributed by atoms with Crippen LogP contribution in [0.15, 0.2) is 0 Å². The first kappa shape index (κ1) is 6.82. The molecule has 0 aliphatic rings. The molecular weight excluding hydrogens is 158 g/mol. The SMILES string of the molecule is CCC[P+](C)=[Se]. The molecule has 0 radical (unpaired) electrons. The van der Waals surface area contributed by atoms with Crippen molar-refractivity contribution in [2.45, 2.75) is 13.3 Å². The molecule has 0 fully saturated rings. The molecule has 0 aromatic rings. The van der Waals surface area contributed by atoms with Gasteiger partial charge in [0.25, 0.3) is 0 Å². The second-order valence-electron chi connectivity index (χ2n) is 1.35. The first-order valence-corrected chi connectivity index (χ1v) is 6.34. The fourth-order valence-corrected chi connectivity index (χ4v) is 2.09. The van der Waals surface area contributed by atoms with Gasteiger partial charge in [-0.15, -0.1) is 0 Å². The summed E-state index contributed by atoms with van der Waals surface area (Å²) in [6, 6.07) is 0. The minimum absolute atomic E-state index is 0.274. The van der Waals surface area contributed by atoms with Crippen LogP contribution in [0.1, 0.15) is 13.3 Å². The van der Waals surface area contributed by atoms with E-state index in [2.05, 4.69) is 28.7 Å². The van der Waals surface area contributed by atoms with Crippen molar-refractivity contribution in [1.82, 2.24) is 0 Å². The van der Waals surface area contributed by atoms with Crippen LogP contribution in [-0.4, -0.2) is 27.9 Å². The van der Waals surface area contributed by atoms with Crippen molar-refractivity contribution >= 4 is 21.3 Å². The summed E-state index contributed by atoms with van der Waals surface area (Å²) < 4.78 is 0. The Kier molecular flexibility index (Phi) is 4.54. The van der Waals surface area contributed by atoms with E-state index in [-0.39, 0.29) is 6.17 Å². The van der Waals surface area contributed by atoms with Gasteiger partial charge in [-0.3, -0.25) is 0 Å². The summed E-state index contributed by atoms with van der Waals surface area (Å²) in [5.74, 6) is 0. The molecule has 1 atom stereocenters. The van der Waals surface area contributed by atoms with E-state index in [0.717, 1.165) is 0 Å². The van der Waals surface area contributed by atoms with E-state index in [9.17, 15) is 0 Å². The first-order valence-electron chi connectivity index (χ1n) is 2.15. The third kappa shape index (κ3) is 4.82. The van der Waals surface area contributed by atoms with Crippen molar-refractivity contribution in [3.8, 4) is 0 Å². The van der Waals surface area contributed by atoms with Crippen LogP contribution >= 0.6 is 6.17 Å². The zero-order chi connectivity index (χ0) is 4.99. The topological polar surface area (TPSA) is 0 Å². The van der Waals surface area contributed by atoms with E-state index >= 15 is 0 Å². The molecule has 2 heteroatoms. The Morgan fingerprint density at radius 3 is 2.17 bits per heavy atom. The molecule has 0 aromatic carbocycles. The van der Waals surface area contributed by atoms with Crippen LogP contribution in [0, 0.1) is 0 Å². The molecule has 0 rings (SSSR count). The summed E-state index contributed by atoms with van der Waals surface area (Å²) in [6.45, 7) is 4.48. The molecule has 0 aromatic heterocycles. The van der Waals surface area contributed by atoms with Gasteiger partial charge >= 0.3 is 47.4 Å². The summed E-state index contributed by atoms with van der Waals surface area (Å²) >= 11 is 3.11. The molecule has 0 N–H and O–H groups in total. The molecule has 0 aliphatic heterocycles. The van der Waals surface area contributed by atoms with Gasteiger partial charge in [0.15, 0.2) is 0 Å². The van der Waals surface area contributed by atoms with Crippen LogP contribution in [0.3, 0.4) is 0 Å². The molecule has 0 bridgehead atoms. The summed E-state index contributed by atoms with van der Waals surface area (Å²) in [5.41, 5.74) is 0. The van der Waals surface area contributed by atoms with Gasteiger partial charge in [0.1, 0.15) is 0 Å². The minimum atomic E-state index is 0.274. The maximum absolute atomic E-state index is 3.11. The molecular formula is C4H10PSe+. The van der Waals surface area contributed by atoms with Gasteiger partial charge in [-0.25, -0.2) is 0 Å². The molecule has 6 heavy (non-hydrogen) atoms. The molecule has 1 unspecified atom stereocenters. The Bertz CT molecular complexity index is 51.5. The number of hydrogen-bond acceptors (Lipinski definition) is 0. The molecule has 0 aliphatic carbocycles. The van der Waals surface area contributed by atoms with E-state index in [1.807, 2.05) is 0 Å². The zero-order valence-electron chi connectivity index (χ0n) is 4.27. The number of rotatable bonds is 2. The summed E-state index contributed by atoms with van der Waals surface area (Å²) in [7, 11) is 0. The fraction of sp³-hybridized carbons (Fsp3) is 1.00. The summed E-state index contributed by atoms with van der Waals surface area (Å²) in [4.78, 5) is 0. The van der Waals surface area contributed by atoms with Crippen molar-refractivity contribution < 1.29 is 0 Å². The van der Waals surface area contributed by atoms with E-state index < -0.39 is 0 Å². The van der Waals surface area contributed by atoms with Crippen molar-refractivity contribution in [2.75, 3.05) is 12.8 Å². The summed E-state index contributed by atoms with van der Waals surface area (Å²) in [5, 5.41) is 0. The Balaban J connectivity index is 2.83. The monoisotopic (exact) mass is 169 g/mol. The van der Waals surface area contributed by atoms with Gasteiger partial charge < -0.3 is 0 Å². The molecule has 36 valence electrons. The van der Waals surface area contributed by atoms with E-state index in [4.69, 9.17) is 0 Å². The van der Waals surface area contributed by atoms with Crippen molar-refractivity contribution in [3.05, 3.63) is 0 Å². The molecule has 0 saturated heterocycles. The average molecular weight is 168 g/mol. The number of hydrogen-bond donors (Lipinski definition) is 0. The van der Waals surface area contributed by atoms with Crippen LogP contribution in [-0.2, 0) is 0 Å². The van der Waals surface area contributed by atoms with Crippen molar-refractivity contribution in [1.29, 1.82) is 0 Å². The average Bonchev–Trinajstić information content (AvgIpc) is 1.35. The Labute approximate surface area is 48.0 Å². The Hall–Kier alpha value is 0.819. The third-order valence-electron chi connectivity index (χ3n) is 0.539. The van der Waals surface area contributed by atoms with Crippen molar-refractivity contribution in [3.63, 3.8) is 0 Å². The van der Waals surface area contributed by atoms with Crippen LogP contribution in [0.25, 0.3) is 0 Å². The van der Waals surface area contributed by atoms with Gasteiger partial charge in [0, 0.05) is 0 Å². The predicted molar refractivity (Wildman–Crippen MR) is 33.8 cm³/mol. The van der Waals surface area contributed by atoms with Crippen molar-refractivity contribution in [2.24, 2.45) is 0 Å². The van der Waals surface area contributed by atoms with Gasteiger partial charge in [0.2, 0.25) is 0 Å². The maximum atomic E-state index is 3.11. The first-order chi connectivity index (χ1) is 2.77. The second kappa shape index (κ2) is 3.99. The molecule has 0 amide bonds. The van der Waals surface area contributed by atoms with E-state index in [1.54, 1.807) is 0 Å². The van der Waals surface area contributed by atoms with Crippen LogP contribution < -0.4 is 0 Å². The van der Waals surface area contributed by atoms with Gasteiger partial charge in [-0.2, -0.15) is 0 Å². The van der Waals surface area contributed by atoms with Crippen LogP contribution in [0.5, 0.6) is 0 Å². The predicted octanol–water partition coefficient (Wildman–Crippen LogP) is 1.59. The van der Waals surface area contributed by atoms with Crippen LogP contribution in [0.4, 0.5) is 0 Å². The van der Waals surface area contributed by atoms with Gasteiger partial charge in [0.05, 0.1) is 0 Å². The van der Waals surface area contributed by atoms with Gasteiger partial charge in [-0.05, 0) is 0 Å². The van der Waals surface area contributed by atoms with Crippen LogP contribution in [0.2, 0.25) is 0 Å². The normalized spacial score (nSPS) is 11.3. The molecule has 0 saturated carbocycles. The standard InChI is InChI=1S/C4H10PSe/c1-3-4-5(2)6/h3-4H2,1-2H3/q+1. The third-order valence-corrected chi connectivity index (χ3v) is 2.76. The van der Waals surface area contributed by atoms with E-state index in [0.29, 0.717) is 0 Å². The Morgan fingerprint density at radius 2 is 2.17 bits per heavy atom. The summed E-state index contributed by atoms with van der Waals surface area (Å²) in [6.07, 6.45) is 2.99. The fourth-order valence-electron chi connectivity index (χ4n) is 0.315. The molecule has 0 heterocycles. The second-order valence-corrected chi connectivity index (χ2v) is 6.98. The quantitative estimate of drug-likeness (QED) is 0.433. The molecule has 0 nitrogen and oxygen atoms in total. The van der Waals surface area contributed by atoms with E-state index in [1.165, 1.54) is 12.6 Å².